The second kappa shape index (κ2) is 6.79. The zero-order valence-electron chi connectivity index (χ0n) is 12.4. The first kappa shape index (κ1) is 15.0. The van der Waals surface area contributed by atoms with Crippen LogP contribution in [0, 0.1) is 0 Å². The molecule has 0 aliphatic heterocycles. The van der Waals surface area contributed by atoms with E-state index in [2.05, 4.69) is 56.9 Å². The highest BCUT2D eigenvalue weighted by atomic mass is 15.1. The highest BCUT2D eigenvalue weighted by molar-refractivity contribution is 5.48. The van der Waals surface area contributed by atoms with Gasteiger partial charge in [-0.25, -0.2) is 0 Å². The largest absolute Gasteiger partial charge is 0.372 e. The van der Waals surface area contributed by atoms with Crippen molar-refractivity contribution in [3.8, 4) is 0 Å². The lowest BCUT2D eigenvalue weighted by atomic mass is 9.85. The zero-order chi connectivity index (χ0) is 13.6. The number of hydrogen-bond donors (Lipinski definition) is 1. The molecular formula is C16H28N2. The Labute approximate surface area is 112 Å². The first-order valence-corrected chi connectivity index (χ1v) is 7.10. The smallest absolute Gasteiger partial charge is 0.0366 e. The van der Waals surface area contributed by atoms with E-state index < -0.39 is 0 Å². The molecule has 2 N–H and O–H groups in total. The second-order valence-corrected chi connectivity index (χ2v) is 5.62. The molecule has 0 bridgehead atoms. The molecule has 0 radical (unpaired) electrons. The van der Waals surface area contributed by atoms with E-state index in [9.17, 15) is 0 Å². The van der Waals surface area contributed by atoms with Crippen LogP contribution in [0.4, 0.5) is 5.69 Å². The van der Waals surface area contributed by atoms with E-state index in [-0.39, 0.29) is 5.41 Å². The van der Waals surface area contributed by atoms with E-state index in [0.29, 0.717) is 6.54 Å². The van der Waals surface area contributed by atoms with Crippen molar-refractivity contribution in [1.29, 1.82) is 0 Å². The Morgan fingerprint density at radius 1 is 1.00 bits per heavy atom. The number of benzene rings is 1. The molecule has 1 rings (SSSR count). The van der Waals surface area contributed by atoms with Gasteiger partial charge in [-0.05, 0) is 30.5 Å². The van der Waals surface area contributed by atoms with Gasteiger partial charge in [0.15, 0.2) is 0 Å². The summed E-state index contributed by atoms with van der Waals surface area (Å²) >= 11 is 0. The van der Waals surface area contributed by atoms with Crippen LogP contribution in [0.2, 0.25) is 0 Å². The van der Waals surface area contributed by atoms with Crippen LogP contribution in [-0.2, 0) is 5.41 Å². The number of nitrogens with two attached hydrogens (primary N) is 1. The fraction of sp³-hybridized carbons (Fsp3) is 0.625. The minimum Gasteiger partial charge on any atom is -0.372 e. The lowest BCUT2D eigenvalue weighted by Gasteiger charge is -2.27. The van der Waals surface area contributed by atoms with Gasteiger partial charge in [0, 0.05) is 30.7 Å². The molecule has 0 saturated heterocycles. The normalized spacial score (nSPS) is 11.6. The van der Waals surface area contributed by atoms with Crippen molar-refractivity contribution < 1.29 is 0 Å². The fourth-order valence-electron chi connectivity index (χ4n) is 2.15. The average Bonchev–Trinajstić information content (AvgIpc) is 2.39. The van der Waals surface area contributed by atoms with Crippen LogP contribution in [0.15, 0.2) is 24.3 Å². The van der Waals surface area contributed by atoms with Crippen LogP contribution in [0.5, 0.6) is 0 Å². The van der Waals surface area contributed by atoms with E-state index in [1.54, 1.807) is 0 Å². The van der Waals surface area contributed by atoms with Gasteiger partial charge in [0.05, 0.1) is 0 Å². The molecule has 0 aliphatic carbocycles. The maximum Gasteiger partial charge on any atom is 0.0366 e. The summed E-state index contributed by atoms with van der Waals surface area (Å²) in [5, 5.41) is 0. The molecule has 0 fully saturated rings. The van der Waals surface area contributed by atoms with Crippen molar-refractivity contribution in [2.75, 3.05) is 24.5 Å². The SMILES string of the molecule is CCCN(CCC)c1ccc(C(C)(C)CN)cc1. The maximum absolute atomic E-state index is 5.82. The summed E-state index contributed by atoms with van der Waals surface area (Å²) in [6.07, 6.45) is 2.38. The highest BCUT2D eigenvalue weighted by Gasteiger charge is 2.18. The molecule has 1 aromatic carbocycles. The number of nitrogens with zero attached hydrogens (tertiary/aromatic N) is 1. The molecule has 0 spiro atoms. The molecule has 2 nitrogen and oxygen atoms in total. The van der Waals surface area contributed by atoms with Crippen LogP contribution in [0.25, 0.3) is 0 Å². The quantitative estimate of drug-likeness (QED) is 0.799. The van der Waals surface area contributed by atoms with Crippen molar-refractivity contribution in [3.05, 3.63) is 29.8 Å². The van der Waals surface area contributed by atoms with E-state index >= 15 is 0 Å². The third-order valence-electron chi connectivity index (χ3n) is 3.51. The van der Waals surface area contributed by atoms with Crippen LogP contribution >= 0.6 is 0 Å². The Morgan fingerprint density at radius 3 is 1.89 bits per heavy atom. The third-order valence-corrected chi connectivity index (χ3v) is 3.51. The molecular weight excluding hydrogens is 220 g/mol. The summed E-state index contributed by atoms with van der Waals surface area (Å²) in [5.41, 5.74) is 8.54. The predicted molar refractivity (Wildman–Crippen MR) is 81.3 cm³/mol. The summed E-state index contributed by atoms with van der Waals surface area (Å²) < 4.78 is 0. The lowest BCUT2D eigenvalue weighted by Crippen LogP contribution is -2.28. The van der Waals surface area contributed by atoms with Crippen molar-refractivity contribution >= 4 is 5.69 Å². The van der Waals surface area contributed by atoms with Crippen molar-refractivity contribution in [2.45, 2.75) is 46.0 Å². The summed E-state index contributed by atoms with van der Waals surface area (Å²) in [6, 6.07) is 8.91. The lowest BCUT2D eigenvalue weighted by molar-refractivity contribution is 0.539. The molecule has 0 aromatic heterocycles. The average molecular weight is 248 g/mol. The third kappa shape index (κ3) is 3.74. The molecule has 0 amide bonds. The summed E-state index contributed by atoms with van der Waals surface area (Å²) in [5.74, 6) is 0. The Kier molecular flexibility index (Phi) is 5.67. The Bertz CT molecular complexity index is 335. The van der Waals surface area contributed by atoms with E-state index in [4.69, 9.17) is 5.73 Å². The van der Waals surface area contributed by atoms with Crippen LogP contribution in [0.1, 0.15) is 46.1 Å². The number of anilines is 1. The number of rotatable bonds is 7. The van der Waals surface area contributed by atoms with Gasteiger partial charge in [0.25, 0.3) is 0 Å². The van der Waals surface area contributed by atoms with Crippen LogP contribution in [0.3, 0.4) is 0 Å². The van der Waals surface area contributed by atoms with Crippen molar-refractivity contribution in [3.63, 3.8) is 0 Å². The van der Waals surface area contributed by atoms with E-state index in [0.717, 1.165) is 13.1 Å². The summed E-state index contributed by atoms with van der Waals surface area (Å²) in [7, 11) is 0. The van der Waals surface area contributed by atoms with Gasteiger partial charge in [0.1, 0.15) is 0 Å². The highest BCUT2D eigenvalue weighted by Crippen LogP contribution is 2.24. The van der Waals surface area contributed by atoms with Gasteiger partial charge in [-0.15, -0.1) is 0 Å². The van der Waals surface area contributed by atoms with E-state index in [1.165, 1.54) is 24.1 Å². The number of hydrogen-bond acceptors (Lipinski definition) is 2. The van der Waals surface area contributed by atoms with Crippen molar-refractivity contribution in [1.82, 2.24) is 0 Å². The van der Waals surface area contributed by atoms with Gasteiger partial charge in [-0.3, -0.25) is 0 Å². The molecule has 0 atom stereocenters. The molecule has 2 heteroatoms. The first-order chi connectivity index (χ1) is 8.55. The topological polar surface area (TPSA) is 29.3 Å². The molecule has 0 aliphatic rings. The van der Waals surface area contributed by atoms with Gasteiger partial charge < -0.3 is 10.6 Å². The standard InChI is InChI=1S/C16H28N2/c1-5-11-18(12-6-2)15-9-7-14(8-10-15)16(3,4)13-17/h7-10H,5-6,11-13,17H2,1-4H3. The van der Waals surface area contributed by atoms with Gasteiger partial charge in [0.2, 0.25) is 0 Å². The molecule has 0 unspecified atom stereocenters. The fourth-order valence-corrected chi connectivity index (χ4v) is 2.15. The maximum atomic E-state index is 5.82. The Balaban J connectivity index is 2.86. The summed E-state index contributed by atoms with van der Waals surface area (Å²) in [4.78, 5) is 2.46. The Morgan fingerprint density at radius 2 is 1.50 bits per heavy atom. The molecule has 1 aromatic rings. The second-order valence-electron chi connectivity index (χ2n) is 5.62. The predicted octanol–water partition coefficient (Wildman–Crippen LogP) is 3.55. The molecule has 0 saturated carbocycles. The van der Waals surface area contributed by atoms with Gasteiger partial charge in [-0.2, -0.15) is 0 Å². The monoisotopic (exact) mass is 248 g/mol. The molecule has 18 heavy (non-hydrogen) atoms. The minimum absolute atomic E-state index is 0.0683. The summed E-state index contributed by atoms with van der Waals surface area (Å²) in [6.45, 7) is 11.8. The van der Waals surface area contributed by atoms with Gasteiger partial charge in [-0.1, -0.05) is 39.8 Å². The van der Waals surface area contributed by atoms with Crippen molar-refractivity contribution in [2.24, 2.45) is 5.73 Å². The minimum atomic E-state index is 0.0683. The first-order valence-electron chi connectivity index (χ1n) is 7.10. The Hall–Kier alpha value is -1.02. The molecule has 0 heterocycles. The van der Waals surface area contributed by atoms with Crippen LogP contribution in [-0.4, -0.2) is 19.6 Å². The van der Waals surface area contributed by atoms with Gasteiger partial charge >= 0.3 is 0 Å². The van der Waals surface area contributed by atoms with E-state index in [1.807, 2.05) is 0 Å². The van der Waals surface area contributed by atoms with Crippen LogP contribution < -0.4 is 10.6 Å². The molecule has 102 valence electrons. The zero-order valence-corrected chi connectivity index (χ0v) is 12.4.